The average molecular weight is 464 g/mol. The highest BCUT2D eigenvalue weighted by atomic mass is 19.4. The summed E-state index contributed by atoms with van der Waals surface area (Å²) in [4.78, 5) is 11.3. The summed E-state index contributed by atoms with van der Waals surface area (Å²) in [6, 6.07) is 2.02. The number of rotatable bonds is 5. The molecule has 0 aliphatic carbocycles. The van der Waals surface area contributed by atoms with E-state index < -0.39 is 12.1 Å². The molecule has 4 rings (SSSR count). The lowest BCUT2D eigenvalue weighted by molar-refractivity contribution is -0.192. The number of aromatic nitrogens is 1. The molecule has 0 bridgehead atoms. The number of carboxylic acid groups (broad SMARTS) is 1. The molecule has 0 radical (unpaired) electrons. The third kappa shape index (κ3) is 7.43. The van der Waals surface area contributed by atoms with Crippen LogP contribution in [0.1, 0.15) is 43.6 Å². The summed E-state index contributed by atoms with van der Waals surface area (Å²) < 4.78 is 54.8. The maximum atomic E-state index is 10.6. The lowest BCUT2D eigenvalue weighted by Gasteiger charge is -2.39. The summed E-state index contributed by atoms with van der Waals surface area (Å²) >= 11 is 0. The van der Waals surface area contributed by atoms with E-state index in [2.05, 4.69) is 10.1 Å². The van der Waals surface area contributed by atoms with Crippen LogP contribution in [0, 0.1) is 12.8 Å². The van der Waals surface area contributed by atoms with E-state index in [1.54, 1.807) is 0 Å². The monoisotopic (exact) mass is 464 g/mol. The molecule has 32 heavy (non-hydrogen) atoms. The molecule has 3 fully saturated rings. The van der Waals surface area contributed by atoms with Gasteiger partial charge in [0.25, 0.3) is 0 Å². The zero-order chi connectivity index (χ0) is 23.2. The maximum absolute atomic E-state index is 10.6. The quantitative estimate of drug-likeness (QED) is 0.710. The van der Waals surface area contributed by atoms with Crippen LogP contribution in [-0.2, 0) is 25.5 Å². The number of hydrogen-bond donors (Lipinski definition) is 1. The van der Waals surface area contributed by atoms with E-state index in [-0.39, 0.29) is 11.7 Å². The lowest BCUT2D eigenvalue weighted by atomic mass is 9.89. The van der Waals surface area contributed by atoms with E-state index in [1.165, 1.54) is 6.42 Å². The van der Waals surface area contributed by atoms with Crippen LogP contribution >= 0.6 is 0 Å². The van der Waals surface area contributed by atoms with E-state index >= 15 is 0 Å². The molecule has 2 atom stereocenters. The molecule has 3 aliphatic heterocycles. The van der Waals surface area contributed by atoms with Gasteiger partial charge in [0.2, 0.25) is 0 Å². The molecule has 182 valence electrons. The fourth-order valence-electron chi connectivity index (χ4n) is 4.43. The Morgan fingerprint density at radius 1 is 1.38 bits per heavy atom. The molecule has 1 N–H and O–H groups in total. The fourth-order valence-corrected chi connectivity index (χ4v) is 4.43. The van der Waals surface area contributed by atoms with E-state index in [9.17, 15) is 13.2 Å². The van der Waals surface area contributed by atoms with Crippen LogP contribution in [0.2, 0.25) is 0 Å². The minimum Gasteiger partial charge on any atom is -0.475 e. The second-order valence-corrected chi connectivity index (χ2v) is 8.76. The minimum atomic E-state index is -5.08. The van der Waals surface area contributed by atoms with Gasteiger partial charge >= 0.3 is 12.1 Å². The van der Waals surface area contributed by atoms with E-state index in [4.69, 9.17) is 28.6 Å². The first-order valence-electron chi connectivity index (χ1n) is 10.9. The van der Waals surface area contributed by atoms with Gasteiger partial charge in [-0.25, -0.2) is 4.79 Å². The van der Waals surface area contributed by atoms with Crippen molar-refractivity contribution >= 4 is 5.97 Å². The van der Waals surface area contributed by atoms with Crippen molar-refractivity contribution in [3.63, 3.8) is 0 Å². The van der Waals surface area contributed by atoms with Crippen molar-refractivity contribution in [3.8, 4) is 0 Å². The Kier molecular flexibility index (Phi) is 8.54. The summed E-state index contributed by atoms with van der Waals surface area (Å²) in [5, 5.41) is 11.3. The number of nitrogens with zero attached hydrogens (tertiary/aromatic N) is 2. The molecule has 4 heterocycles. The molecule has 0 unspecified atom stereocenters. The zero-order valence-electron chi connectivity index (χ0n) is 18.2. The van der Waals surface area contributed by atoms with Crippen molar-refractivity contribution in [3.05, 3.63) is 17.5 Å². The lowest BCUT2D eigenvalue weighted by Crippen LogP contribution is -2.47. The third-order valence-corrected chi connectivity index (χ3v) is 6.01. The Balaban J connectivity index is 0.000000360. The van der Waals surface area contributed by atoms with Crippen LogP contribution in [0.5, 0.6) is 0 Å². The van der Waals surface area contributed by atoms with Crippen LogP contribution in [0.3, 0.4) is 0 Å². The first kappa shape index (κ1) is 24.9. The van der Waals surface area contributed by atoms with Gasteiger partial charge in [0, 0.05) is 38.8 Å². The van der Waals surface area contributed by atoms with Gasteiger partial charge in [-0.2, -0.15) is 13.2 Å². The molecule has 1 aromatic heterocycles. The topological polar surface area (TPSA) is 94.3 Å². The summed E-state index contributed by atoms with van der Waals surface area (Å²) in [5.74, 6) is -1.23. The zero-order valence-corrected chi connectivity index (χ0v) is 18.2. The number of ether oxygens (including phenoxy) is 3. The van der Waals surface area contributed by atoms with Gasteiger partial charge in [0.05, 0.1) is 30.6 Å². The highest BCUT2D eigenvalue weighted by molar-refractivity contribution is 5.73. The third-order valence-electron chi connectivity index (χ3n) is 6.01. The number of carboxylic acids is 1. The highest BCUT2D eigenvalue weighted by Gasteiger charge is 2.44. The molecule has 3 aliphatic rings. The predicted octanol–water partition coefficient (Wildman–Crippen LogP) is 3.18. The number of alkyl halides is 3. The predicted molar refractivity (Wildman–Crippen MR) is 106 cm³/mol. The fraction of sp³-hybridized carbons (Fsp3) is 0.810. The molecule has 1 aromatic rings. The van der Waals surface area contributed by atoms with Gasteiger partial charge in [-0.3, -0.25) is 4.90 Å². The van der Waals surface area contributed by atoms with Crippen molar-refractivity contribution in [2.24, 2.45) is 5.92 Å². The van der Waals surface area contributed by atoms with E-state index in [0.717, 1.165) is 83.2 Å². The normalized spacial score (nSPS) is 27.3. The Morgan fingerprint density at radius 3 is 2.72 bits per heavy atom. The summed E-state index contributed by atoms with van der Waals surface area (Å²) in [5.41, 5.74) is 0.983. The number of halogens is 3. The number of carbonyl (C=O) groups is 1. The Hall–Kier alpha value is -1.69. The standard InChI is InChI=1S/C19H30N2O4.C2HF3O2/c1-15-9-17(20-25-15)11-21-6-2-5-19(14-21)10-18(13-24-19)23-12-16-3-7-22-8-4-16;3-2(4,5)1(6)7/h9,16,18H,2-8,10-14H2,1H3;(H,6,7)/t18-,19+;/m1./s1. The van der Waals surface area contributed by atoms with E-state index in [0.29, 0.717) is 5.92 Å². The molecular weight excluding hydrogens is 433 g/mol. The maximum Gasteiger partial charge on any atom is 0.490 e. The number of likely N-dealkylation sites (tertiary alicyclic amines) is 1. The number of aryl methyl sites for hydroxylation is 1. The first-order valence-corrected chi connectivity index (χ1v) is 10.9. The summed E-state index contributed by atoms with van der Waals surface area (Å²) in [7, 11) is 0. The summed E-state index contributed by atoms with van der Waals surface area (Å²) in [6.07, 6.45) is 0.747. The van der Waals surface area contributed by atoms with Crippen LogP contribution < -0.4 is 0 Å². The molecule has 3 saturated heterocycles. The van der Waals surface area contributed by atoms with Gasteiger partial charge in [-0.1, -0.05) is 5.16 Å². The average Bonchev–Trinajstić information content (AvgIpc) is 3.33. The molecule has 0 saturated carbocycles. The number of piperidine rings is 1. The second-order valence-electron chi connectivity index (χ2n) is 8.76. The van der Waals surface area contributed by atoms with Crippen molar-refractivity contribution in [2.75, 3.05) is 39.5 Å². The largest absolute Gasteiger partial charge is 0.490 e. The molecular formula is C21H31F3N2O6. The SMILES string of the molecule is Cc1cc(CN2CCC[C@]3(C[C@@H](OCC4CCOCC4)CO3)C2)no1.O=C(O)C(F)(F)F. The Bertz CT molecular complexity index is 737. The van der Waals surface area contributed by atoms with Crippen molar-refractivity contribution < 1.29 is 41.8 Å². The van der Waals surface area contributed by atoms with Crippen LogP contribution in [0.4, 0.5) is 13.2 Å². The van der Waals surface area contributed by atoms with Crippen molar-refractivity contribution in [1.29, 1.82) is 0 Å². The smallest absolute Gasteiger partial charge is 0.475 e. The summed E-state index contributed by atoms with van der Waals surface area (Å²) in [6.45, 7) is 8.21. The molecule has 1 spiro atoms. The van der Waals surface area contributed by atoms with Gasteiger partial charge < -0.3 is 23.8 Å². The van der Waals surface area contributed by atoms with Crippen LogP contribution in [0.25, 0.3) is 0 Å². The van der Waals surface area contributed by atoms with Gasteiger partial charge in [-0.05, 0) is 45.1 Å². The molecule has 0 aromatic carbocycles. The van der Waals surface area contributed by atoms with Gasteiger partial charge in [0.1, 0.15) is 5.76 Å². The molecule has 8 nitrogen and oxygen atoms in total. The number of hydrogen-bond acceptors (Lipinski definition) is 7. The molecule has 11 heteroatoms. The Morgan fingerprint density at radius 2 is 2.09 bits per heavy atom. The first-order chi connectivity index (χ1) is 15.2. The van der Waals surface area contributed by atoms with Crippen molar-refractivity contribution in [2.45, 2.75) is 63.5 Å². The molecule has 0 amide bonds. The van der Waals surface area contributed by atoms with Crippen LogP contribution in [-0.4, -0.2) is 78.5 Å². The van der Waals surface area contributed by atoms with E-state index in [1.807, 2.05) is 13.0 Å². The van der Waals surface area contributed by atoms with Crippen LogP contribution in [0.15, 0.2) is 10.6 Å². The highest BCUT2D eigenvalue weighted by Crippen LogP contribution is 2.36. The van der Waals surface area contributed by atoms with Crippen molar-refractivity contribution in [1.82, 2.24) is 10.1 Å². The van der Waals surface area contributed by atoms with Gasteiger partial charge in [0.15, 0.2) is 0 Å². The minimum absolute atomic E-state index is 0.0304. The second kappa shape index (κ2) is 11.0. The number of aliphatic carboxylic acids is 1. The van der Waals surface area contributed by atoms with Gasteiger partial charge in [-0.15, -0.1) is 0 Å². The Labute approximate surface area is 185 Å².